The Morgan fingerprint density at radius 1 is 1.27 bits per heavy atom. The van der Waals surface area contributed by atoms with E-state index in [4.69, 9.17) is 21.3 Å². The highest BCUT2D eigenvalue weighted by molar-refractivity contribution is 6.30. The van der Waals surface area contributed by atoms with Crippen LogP contribution in [0.4, 0.5) is 10.2 Å². The molecule has 0 N–H and O–H groups in total. The van der Waals surface area contributed by atoms with E-state index in [9.17, 15) is 9.18 Å². The molecule has 0 radical (unpaired) electrons. The van der Waals surface area contributed by atoms with E-state index in [0.29, 0.717) is 60.4 Å². The zero-order valence-electron chi connectivity index (χ0n) is 18.6. The van der Waals surface area contributed by atoms with Gasteiger partial charge in [0.25, 0.3) is 5.91 Å². The maximum atomic E-state index is 14.9. The average molecular weight is 470 g/mol. The van der Waals surface area contributed by atoms with Crippen molar-refractivity contribution in [1.29, 1.82) is 0 Å². The highest BCUT2D eigenvalue weighted by Gasteiger charge is 2.33. The Bertz CT molecular complexity index is 1210. The fourth-order valence-corrected chi connectivity index (χ4v) is 4.68. The first-order valence-electron chi connectivity index (χ1n) is 11.1. The number of carbonyl (C=O) groups is 1. The first-order valence-corrected chi connectivity index (χ1v) is 11.5. The molecule has 0 spiro atoms. The van der Waals surface area contributed by atoms with Crippen LogP contribution < -0.4 is 4.90 Å². The van der Waals surface area contributed by atoms with Crippen molar-refractivity contribution in [2.75, 3.05) is 31.1 Å². The first-order chi connectivity index (χ1) is 15.9. The van der Waals surface area contributed by atoms with Crippen LogP contribution in [-0.4, -0.2) is 51.8 Å². The standard InChI is InChI=1S/C24H25ClFN5O2/c1-3-6-31-13-19-18(24(31)32)10-22(28-23(19)17-5-4-16(25)9-20(17)26)30-7-8-33-21(14-30)15-11-27-29(2)12-15/h4-5,9-12,21H,3,6-8,13-14H2,1-2H3/t21-/m1/s1. The van der Waals surface area contributed by atoms with Crippen molar-refractivity contribution >= 4 is 23.3 Å². The fraction of sp³-hybridized carbons (Fsp3) is 0.375. The number of rotatable bonds is 5. The molecule has 1 saturated heterocycles. The van der Waals surface area contributed by atoms with Gasteiger partial charge >= 0.3 is 0 Å². The number of hydrogen-bond acceptors (Lipinski definition) is 5. The second kappa shape index (κ2) is 8.76. The van der Waals surface area contributed by atoms with Gasteiger partial charge in [-0.3, -0.25) is 9.48 Å². The monoisotopic (exact) mass is 469 g/mol. The van der Waals surface area contributed by atoms with E-state index in [-0.39, 0.29) is 12.0 Å². The maximum Gasteiger partial charge on any atom is 0.254 e. The number of nitrogens with zero attached hydrogens (tertiary/aromatic N) is 5. The lowest BCUT2D eigenvalue weighted by Gasteiger charge is -2.33. The van der Waals surface area contributed by atoms with Gasteiger partial charge in [-0.15, -0.1) is 0 Å². The average Bonchev–Trinajstić information content (AvgIpc) is 3.37. The number of carbonyl (C=O) groups excluding carboxylic acids is 1. The molecule has 7 nitrogen and oxygen atoms in total. The molecule has 172 valence electrons. The minimum atomic E-state index is -0.453. The fourth-order valence-electron chi connectivity index (χ4n) is 4.52. The molecule has 2 aliphatic heterocycles. The molecule has 1 fully saturated rings. The summed E-state index contributed by atoms with van der Waals surface area (Å²) in [5.74, 6) is 0.149. The molecule has 1 aromatic carbocycles. The van der Waals surface area contributed by atoms with E-state index in [1.807, 2.05) is 26.2 Å². The van der Waals surface area contributed by atoms with Crippen molar-refractivity contribution in [2.24, 2.45) is 7.05 Å². The summed E-state index contributed by atoms with van der Waals surface area (Å²) in [5, 5.41) is 4.56. The van der Waals surface area contributed by atoms with Crippen LogP contribution in [0.1, 0.15) is 40.9 Å². The number of hydrogen-bond donors (Lipinski definition) is 0. The minimum Gasteiger partial charge on any atom is -0.370 e. The van der Waals surface area contributed by atoms with E-state index in [1.165, 1.54) is 6.07 Å². The molecular weight excluding hydrogens is 445 g/mol. The Kier molecular flexibility index (Phi) is 5.80. The molecular formula is C24H25ClFN5O2. The summed E-state index contributed by atoms with van der Waals surface area (Å²) < 4.78 is 22.7. The van der Waals surface area contributed by atoms with Crippen molar-refractivity contribution in [3.63, 3.8) is 0 Å². The van der Waals surface area contributed by atoms with Gasteiger partial charge in [0.15, 0.2) is 0 Å². The highest BCUT2D eigenvalue weighted by Crippen LogP contribution is 2.37. The Morgan fingerprint density at radius 2 is 2.12 bits per heavy atom. The number of pyridine rings is 1. The third kappa shape index (κ3) is 4.09. The Morgan fingerprint density at radius 3 is 2.85 bits per heavy atom. The summed E-state index contributed by atoms with van der Waals surface area (Å²) in [6.45, 7) is 4.80. The summed E-state index contributed by atoms with van der Waals surface area (Å²) in [7, 11) is 1.87. The molecule has 0 unspecified atom stereocenters. The van der Waals surface area contributed by atoms with Crippen molar-refractivity contribution < 1.29 is 13.9 Å². The molecule has 0 saturated carbocycles. The number of anilines is 1. The maximum absolute atomic E-state index is 14.9. The predicted molar refractivity (Wildman–Crippen MR) is 124 cm³/mol. The lowest BCUT2D eigenvalue weighted by atomic mass is 10.0. The number of ether oxygens (including phenoxy) is 1. The molecule has 9 heteroatoms. The molecule has 5 rings (SSSR count). The molecule has 0 aliphatic carbocycles. The molecule has 0 bridgehead atoms. The molecule has 3 aromatic rings. The van der Waals surface area contributed by atoms with Crippen LogP contribution in [0.15, 0.2) is 36.7 Å². The number of aryl methyl sites for hydroxylation is 1. The van der Waals surface area contributed by atoms with Gasteiger partial charge < -0.3 is 14.5 Å². The largest absolute Gasteiger partial charge is 0.370 e. The normalized spacial score (nSPS) is 18.2. The van der Waals surface area contributed by atoms with Gasteiger partial charge in [-0.2, -0.15) is 5.10 Å². The van der Waals surface area contributed by atoms with Crippen LogP contribution in [0.5, 0.6) is 0 Å². The van der Waals surface area contributed by atoms with Crippen LogP contribution >= 0.6 is 11.6 Å². The summed E-state index contributed by atoms with van der Waals surface area (Å²) >= 11 is 5.99. The lowest BCUT2D eigenvalue weighted by Crippen LogP contribution is -2.39. The van der Waals surface area contributed by atoms with E-state index in [2.05, 4.69) is 10.00 Å². The zero-order valence-corrected chi connectivity index (χ0v) is 19.3. The number of amides is 1. The Balaban J connectivity index is 1.57. The number of fused-ring (bicyclic) bond motifs is 1. The Hall–Kier alpha value is -2.97. The van der Waals surface area contributed by atoms with Crippen LogP contribution in [0.3, 0.4) is 0 Å². The van der Waals surface area contributed by atoms with Crippen molar-refractivity contribution in [2.45, 2.75) is 26.0 Å². The lowest BCUT2D eigenvalue weighted by molar-refractivity contribution is 0.0395. The van der Waals surface area contributed by atoms with E-state index in [1.54, 1.807) is 27.9 Å². The smallest absolute Gasteiger partial charge is 0.254 e. The molecule has 1 amide bonds. The summed E-state index contributed by atoms with van der Waals surface area (Å²) in [5.41, 5.74) is 3.17. The second-order valence-corrected chi connectivity index (χ2v) is 8.90. The first kappa shape index (κ1) is 21.9. The number of halogens is 2. The predicted octanol–water partition coefficient (Wildman–Crippen LogP) is 4.22. The van der Waals surface area contributed by atoms with Crippen LogP contribution in [0.2, 0.25) is 5.02 Å². The third-order valence-electron chi connectivity index (χ3n) is 6.14. The van der Waals surface area contributed by atoms with E-state index >= 15 is 0 Å². The number of morpholine rings is 1. The van der Waals surface area contributed by atoms with Gasteiger partial charge in [0.05, 0.1) is 24.1 Å². The Labute approximate surface area is 196 Å². The van der Waals surface area contributed by atoms with E-state index in [0.717, 1.165) is 17.5 Å². The SMILES string of the molecule is CCCN1Cc2c(cc(N3CCO[C@@H](c4cnn(C)c4)C3)nc2-c2ccc(Cl)cc2F)C1=O. The van der Waals surface area contributed by atoms with Gasteiger partial charge in [-0.1, -0.05) is 18.5 Å². The quantitative estimate of drug-likeness (QED) is 0.560. The molecule has 33 heavy (non-hydrogen) atoms. The van der Waals surface area contributed by atoms with E-state index < -0.39 is 5.82 Å². The molecule has 1 atom stereocenters. The summed E-state index contributed by atoms with van der Waals surface area (Å²) in [6, 6.07) is 6.41. The minimum absolute atomic E-state index is 0.0387. The van der Waals surface area contributed by atoms with Gasteiger partial charge in [0.2, 0.25) is 0 Å². The third-order valence-corrected chi connectivity index (χ3v) is 6.38. The molecule has 2 aromatic heterocycles. The van der Waals surface area contributed by atoms with Gasteiger partial charge in [0.1, 0.15) is 17.7 Å². The topological polar surface area (TPSA) is 63.5 Å². The number of benzene rings is 1. The van der Waals surface area contributed by atoms with Gasteiger partial charge in [-0.25, -0.2) is 9.37 Å². The zero-order chi connectivity index (χ0) is 23.1. The second-order valence-electron chi connectivity index (χ2n) is 8.46. The van der Waals surface area contributed by atoms with Crippen molar-refractivity contribution in [1.82, 2.24) is 19.7 Å². The van der Waals surface area contributed by atoms with Gasteiger partial charge in [-0.05, 0) is 30.7 Å². The summed E-state index contributed by atoms with van der Waals surface area (Å²) in [6.07, 6.45) is 4.42. The van der Waals surface area contributed by atoms with Gasteiger partial charge in [0, 0.05) is 61.1 Å². The summed E-state index contributed by atoms with van der Waals surface area (Å²) in [4.78, 5) is 21.9. The van der Waals surface area contributed by atoms with Crippen LogP contribution in [0.25, 0.3) is 11.3 Å². The van der Waals surface area contributed by atoms with Crippen molar-refractivity contribution in [3.8, 4) is 11.3 Å². The van der Waals surface area contributed by atoms with Crippen LogP contribution in [-0.2, 0) is 18.3 Å². The highest BCUT2D eigenvalue weighted by atomic mass is 35.5. The van der Waals surface area contributed by atoms with Crippen LogP contribution in [0, 0.1) is 5.82 Å². The number of aromatic nitrogens is 3. The molecule has 2 aliphatic rings. The molecule has 4 heterocycles. The van der Waals surface area contributed by atoms with Crippen molar-refractivity contribution in [3.05, 3.63) is 64.2 Å².